The zero-order valence-electron chi connectivity index (χ0n) is 10.8. The number of rotatable bonds is 6. The molecule has 1 aliphatic rings. The maximum Gasteiger partial charge on any atom is 0.308 e. The molecule has 0 aromatic carbocycles. The molecular formula is C12H24N2O3. The fourth-order valence-electron chi connectivity index (χ4n) is 2.21. The third kappa shape index (κ3) is 5.48. The van der Waals surface area contributed by atoms with Crippen LogP contribution in [0.4, 0.5) is 0 Å². The van der Waals surface area contributed by atoms with E-state index < -0.39 is 6.10 Å². The third-order valence-electron chi connectivity index (χ3n) is 3.14. The molecule has 1 heterocycles. The van der Waals surface area contributed by atoms with Crippen molar-refractivity contribution in [1.29, 1.82) is 0 Å². The number of aliphatic hydroxyl groups excluding tert-OH is 1. The molecule has 5 heteroatoms. The number of ether oxygens (including phenoxy) is 1. The Balaban J connectivity index is 2.24. The Hall–Kier alpha value is -0.650. The first kappa shape index (κ1) is 14.4. The maximum atomic E-state index is 11.2. The minimum Gasteiger partial charge on any atom is -0.466 e. The molecule has 1 rings (SSSR count). The van der Waals surface area contributed by atoms with Gasteiger partial charge in [0.05, 0.1) is 19.1 Å². The van der Waals surface area contributed by atoms with Crippen LogP contribution >= 0.6 is 0 Å². The maximum absolute atomic E-state index is 11.2. The Labute approximate surface area is 103 Å². The molecular weight excluding hydrogens is 220 g/mol. The lowest BCUT2D eigenvalue weighted by Gasteiger charge is -2.32. The van der Waals surface area contributed by atoms with E-state index in [4.69, 9.17) is 4.74 Å². The summed E-state index contributed by atoms with van der Waals surface area (Å²) in [4.78, 5) is 13.3. The number of piperidine rings is 1. The molecule has 1 fully saturated rings. The van der Waals surface area contributed by atoms with E-state index in [1.807, 2.05) is 7.05 Å². The van der Waals surface area contributed by atoms with Crippen LogP contribution in [0.25, 0.3) is 0 Å². The molecule has 0 bridgehead atoms. The van der Waals surface area contributed by atoms with E-state index >= 15 is 0 Å². The number of likely N-dealkylation sites (N-methyl/N-ethyl adjacent to an activating group) is 1. The summed E-state index contributed by atoms with van der Waals surface area (Å²) in [6.45, 7) is 4.73. The second kappa shape index (κ2) is 7.63. The van der Waals surface area contributed by atoms with E-state index in [1.165, 1.54) is 0 Å². The second-order valence-corrected chi connectivity index (χ2v) is 4.58. The second-order valence-electron chi connectivity index (χ2n) is 4.58. The van der Waals surface area contributed by atoms with Gasteiger partial charge in [-0.1, -0.05) is 0 Å². The van der Waals surface area contributed by atoms with E-state index in [0.717, 1.165) is 25.9 Å². The lowest BCUT2D eigenvalue weighted by Crippen LogP contribution is -2.44. The Bertz CT molecular complexity index is 230. The van der Waals surface area contributed by atoms with E-state index in [-0.39, 0.29) is 12.4 Å². The molecule has 1 aliphatic heterocycles. The Kier molecular flexibility index (Phi) is 6.47. The summed E-state index contributed by atoms with van der Waals surface area (Å²) in [6, 6.07) is 0.507. The Morgan fingerprint density at radius 1 is 1.53 bits per heavy atom. The van der Waals surface area contributed by atoms with E-state index in [9.17, 15) is 9.90 Å². The molecule has 1 unspecified atom stereocenters. The predicted octanol–water partition coefficient (Wildman–Crippen LogP) is -0.0157. The summed E-state index contributed by atoms with van der Waals surface area (Å²) in [5.41, 5.74) is 0. The molecule has 17 heavy (non-hydrogen) atoms. The summed E-state index contributed by atoms with van der Waals surface area (Å²) >= 11 is 0. The quantitative estimate of drug-likeness (QED) is 0.643. The summed E-state index contributed by atoms with van der Waals surface area (Å²) in [5.74, 6) is -0.321. The molecule has 0 radical (unpaired) electrons. The summed E-state index contributed by atoms with van der Waals surface area (Å²) in [7, 11) is 2.00. The van der Waals surface area contributed by atoms with E-state index in [1.54, 1.807) is 6.92 Å². The smallest absolute Gasteiger partial charge is 0.308 e. The van der Waals surface area contributed by atoms with Crippen LogP contribution in [0.1, 0.15) is 26.2 Å². The average molecular weight is 244 g/mol. The number of carbonyl (C=O) groups excluding carboxylic acids is 1. The molecule has 2 N–H and O–H groups in total. The number of hydrogen-bond acceptors (Lipinski definition) is 5. The van der Waals surface area contributed by atoms with Crippen LogP contribution in [0.2, 0.25) is 0 Å². The van der Waals surface area contributed by atoms with Crippen LogP contribution in [-0.4, -0.2) is 61.4 Å². The number of hydrogen-bond donors (Lipinski definition) is 2. The normalized spacial score (nSPS) is 19.3. The molecule has 5 nitrogen and oxygen atoms in total. The van der Waals surface area contributed by atoms with Crippen molar-refractivity contribution in [3.8, 4) is 0 Å². The fourth-order valence-corrected chi connectivity index (χ4v) is 2.21. The van der Waals surface area contributed by atoms with Crippen LogP contribution in [0.15, 0.2) is 0 Å². The van der Waals surface area contributed by atoms with Gasteiger partial charge in [0.15, 0.2) is 0 Å². The Morgan fingerprint density at radius 3 is 2.76 bits per heavy atom. The molecule has 0 amide bonds. The minimum absolute atomic E-state index is 0.0865. The third-order valence-corrected chi connectivity index (χ3v) is 3.14. The zero-order valence-corrected chi connectivity index (χ0v) is 10.8. The van der Waals surface area contributed by atoms with Gasteiger partial charge < -0.3 is 20.1 Å². The van der Waals surface area contributed by atoms with Gasteiger partial charge in [-0.15, -0.1) is 0 Å². The van der Waals surface area contributed by atoms with Crippen LogP contribution in [-0.2, 0) is 9.53 Å². The van der Waals surface area contributed by atoms with Crippen molar-refractivity contribution in [1.82, 2.24) is 10.2 Å². The first-order chi connectivity index (χ1) is 8.13. The standard InChI is InChI=1S/C12H24N2O3/c1-3-17-12(16)8-11(15)9-14(2)10-4-6-13-7-5-10/h10-11,13,15H,3-9H2,1-2H3. The van der Waals surface area contributed by atoms with Gasteiger partial charge in [-0.25, -0.2) is 0 Å². The van der Waals surface area contributed by atoms with E-state index in [2.05, 4.69) is 10.2 Å². The van der Waals surface area contributed by atoms with Gasteiger partial charge in [-0.3, -0.25) is 4.79 Å². The number of carbonyl (C=O) groups is 1. The van der Waals surface area contributed by atoms with Gasteiger partial charge in [-0.05, 0) is 39.9 Å². The van der Waals surface area contributed by atoms with Crippen molar-refractivity contribution in [3.63, 3.8) is 0 Å². The first-order valence-electron chi connectivity index (χ1n) is 6.38. The fraction of sp³-hybridized carbons (Fsp3) is 0.917. The molecule has 1 atom stereocenters. The van der Waals surface area contributed by atoms with Crippen molar-refractivity contribution >= 4 is 5.97 Å². The van der Waals surface area contributed by atoms with Crippen molar-refractivity contribution in [2.24, 2.45) is 0 Å². The van der Waals surface area contributed by atoms with Crippen molar-refractivity contribution in [2.75, 3.05) is 33.3 Å². The zero-order chi connectivity index (χ0) is 12.7. The van der Waals surface area contributed by atoms with Gasteiger partial charge in [0.25, 0.3) is 0 Å². The van der Waals surface area contributed by atoms with Gasteiger partial charge >= 0.3 is 5.97 Å². The highest BCUT2D eigenvalue weighted by atomic mass is 16.5. The van der Waals surface area contributed by atoms with Gasteiger partial charge in [0, 0.05) is 12.6 Å². The highest BCUT2D eigenvalue weighted by molar-refractivity contribution is 5.69. The van der Waals surface area contributed by atoms with Gasteiger partial charge in [0.1, 0.15) is 0 Å². The molecule has 0 spiro atoms. The van der Waals surface area contributed by atoms with Crippen molar-refractivity contribution in [2.45, 2.75) is 38.3 Å². The predicted molar refractivity (Wildman–Crippen MR) is 65.8 cm³/mol. The van der Waals surface area contributed by atoms with Gasteiger partial charge in [0.2, 0.25) is 0 Å². The van der Waals surface area contributed by atoms with Crippen LogP contribution in [0.3, 0.4) is 0 Å². The van der Waals surface area contributed by atoms with Crippen molar-refractivity contribution in [3.05, 3.63) is 0 Å². The number of nitrogens with zero attached hydrogens (tertiary/aromatic N) is 1. The van der Waals surface area contributed by atoms with Crippen molar-refractivity contribution < 1.29 is 14.6 Å². The number of aliphatic hydroxyl groups is 1. The van der Waals surface area contributed by atoms with Crippen LogP contribution in [0.5, 0.6) is 0 Å². The summed E-state index contributed by atoms with van der Waals surface area (Å²) in [5, 5.41) is 13.1. The molecule has 0 aliphatic carbocycles. The van der Waals surface area contributed by atoms with E-state index in [0.29, 0.717) is 19.2 Å². The topological polar surface area (TPSA) is 61.8 Å². The molecule has 100 valence electrons. The summed E-state index contributed by atoms with van der Waals surface area (Å²) in [6.07, 6.45) is 1.66. The first-order valence-corrected chi connectivity index (χ1v) is 6.38. The van der Waals surface area contributed by atoms with Crippen LogP contribution in [0, 0.1) is 0 Å². The molecule has 0 saturated carbocycles. The summed E-state index contributed by atoms with van der Waals surface area (Å²) < 4.78 is 4.81. The molecule has 0 aromatic heterocycles. The Morgan fingerprint density at radius 2 is 2.18 bits per heavy atom. The monoisotopic (exact) mass is 244 g/mol. The number of esters is 1. The van der Waals surface area contributed by atoms with Gasteiger partial charge in [-0.2, -0.15) is 0 Å². The lowest BCUT2D eigenvalue weighted by molar-refractivity contribution is -0.145. The molecule has 0 aromatic rings. The lowest BCUT2D eigenvalue weighted by atomic mass is 10.0. The SMILES string of the molecule is CCOC(=O)CC(O)CN(C)C1CCNCC1. The number of nitrogens with one attached hydrogen (secondary N) is 1. The average Bonchev–Trinajstić information content (AvgIpc) is 2.30. The molecule has 1 saturated heterocycles. The van der Waals surface area contributed by atoms with Crippen LogP contribution < -0.4 is 5.32 Å². The minimum atomic E-state index is -0.631. The largest absolute Gasteiger partial charge is 0.466 e. The highest BCUT2D eigenvalue weighted by Crippen LogP contribution is 2.11. The highest BCUT2D eigenvalue weighted by Gasteiger charge is 2.21.